The summed E-state index contributed by atoms with van der Waals surface area (Å²) in [5.41, 5.74) is 3.04. The molecule has 8 nitrogen and oxygen atoms in total. The summed E-state index contributed by atoms with van der Waals surface area (Å²) in [6.07, 6.45) is 3.25. The van der Waals surface area contributed by atoms with E-state index < -0.39 is 17.7 Å². The quantitative estimate of drug-likeness (QED) is 0.338. The lowest BCUT2D eigenvalue weighted by Crippen LogP contribution is -2.29. The molecule has 8 heteroatoms. The van der Waals surface area contributed by atoms with E-state index in [1.165, 1.54) is 4.90 Å². The van der Waals surface area contributed by atoms with Gasteiger partial charge in [-0.3, -0.25) is 19.7 Å². The van der Waals surface area contributed by atoms with Gasteiger partial charge in [-0.15, -0.1) is 0 Å². The molecule has 0 saturated carbocycles. The van der Waals surface area contributed by atoms with Crippen molar-refractivity contribution in [2.45, 2.75) is 46.4 Å². The maximum atomic E-state index is 13.2. The number of nitrogens with one attached hydrogen (secondary N) is 1. The van der Waals surface area contributed by atoms with E-state index in [9.17, 15) is 14.7 Å². The highest BCUT2D eigenvalue weighted by Gasteiger charge is 2.46. The number of nitrogens with zero attached hydrogens (tertiary/aromatic N) is 3. The molecule has 4 rings (SSSR count). The maximum absolute atomic E-state index is 13.2. The van der Waals surface area contributed by atoms with E-state index in [2.05, 4.69) is 15.2 Å². The summed E-state index contributed by atoms with van der Waals surface area (Å²) < 4.78 is 5.84. The van der Waals surface area contributed by atoms with Gasteiger partial charge in [-0.05, 0) is 57.0 Å². The average Bonchev–Trinajstić information content (AvgIpc) is 3.24. The molecule has 170 valence electrons. The molecule has 1 atom stereocenters. The Balaban J connectivity index is 1.89. The molecule has 1 aliphatic rings. The minimum atomic E-state index is -0.797. The Morgan fingerprint density at radius 1 is 1.21 bits per heavy atom. The number of aromatic amines is 1. The minimum Gasteiger partial charge on any atom is -0.507 e. The van der Waals surface area contributed by atoms with Crippen molar-refractivity contribution in [2.24, 2.45) is 0 Å². The van der Waals surface area contributed by atoms with Gasteiger partial charge in [-0.1, -0.05) is 18.2 Å². The van der Waals surface area contributed by atoms with Crippen LogP contribution < -0.4 is 4.74 Å². The fraction of sp³-hybridized carbons (Fsp3) is 0.280. The standard InChI is InChI=1S/C25H26N4O4/c1-14(2)33-19-9-5-8-18(11-19)22-21(23(30)20-15(3)27-28-16(20)4)24(31)25(32)29(22)13-17-7-6-10-26-12-17/h5-12,14,22,30H,13H2,1-4H3,(H,27,28)/b23-21+. The smallest absolute Gasteiger partial charge is 0.295 e. The number of aliphatic hydroxyl groups excluding tert-OH is 1. The molecule has 0 bridgehead atoms. The van der Waals surface area contributed by atoms with Crippen LogP contribution in [0.25, 0.3) is 5.76 Å². The molecular formula is C25H26N4O4. The number of ether oxygens (including phenoxy) is 1. The Bertz CT molecular complexity index is 1210. The number of ketones is 1. The summed E-state index contributed by atoms with van der Waals surface area (Å²) in [5.74, 6) is -1.05. The first-order valence-electron chi connectivity index (χ1n) is 10.7. The zero-order chi connectivity index (χ0) is 23.7. The van der Waals surface area contributed by atoms with Gasteiger partial charge in [0, 0.05) is 24.6 Å². The fourth-order valence-electron chi connectivity index (χ4n) is 4.14. The van der Waals surface area contributed by atoms with Crippen molar-refractivity contribution < 1.29 is 19.4 Å². The van der Waals surface area contributed by atoms with Gasteiger partial charge in [0.15, 0.2) is 0 Å². The number of H-pyrrole nitrogens is 1. The number of rotatable bonds is 6. The lowest BCUT2D eigenvalue weighted by molar-refractivity contribution is -0.140. The Hall–Kier alpha value is -3.94. The van der Waals surface area contributed by atoms with Gasteiger partial charge in [0.25, 0.3) is 11.7 Å². The second kappa shape index (κ2) is 8.90. The zero-order valence-corrected chi connectivity index (χ0v) is 19.0. The number of benzene rings is 1. The molecule has 1 amide bonds. The molecule has 0 aliphatic carbocycles. The normalized spacial score (nSPS) is 17.7. The van der Waals surface area contributed by atoms with E-state index >= 15 is 0 Å². The number of carbonyl (C=O) groups is 2. The third kappa shape index (κ3) is 4.24. The maximum Gasteiger partial charge on any atom is 0.295 e. The van der Waals surface area contributed by atoms with Gasteiger partial charge in [-0.2, -0.15) is 5.10 Å². The SMILES string of the molecule is Cc1n[nH]c(C)c1/C(O)=C1\C(=O)C(=O)N(Cc2cccnc2)C1c1cccc(OC(C)C)c1. The average molecular weight is 447 g/mol. The number of aryl methyl sites for hydroxylation is 2. The number of hydrogen-bond donors (Lipinski definition) is 2. The van der Waals surface area contributed by atoms with E-state index in [0.717, 1.165) is 5.56 Å². The first-order chi connectivity index (χ1) is 15.8. The first kappa shape index (κ1) is 22.3. The minimum absolute atomic E-state index is 0.0261. The molecule has 2 N–H and O–H groups in total. The molecule has 0 radical (unpaired) electrons. The Kier molecular flexibility index (Phi) is 6.00. The van der Waals surface area contributed by atoms with Crippen molar-refractivity contribution in [3.8, 4) is 5.75 Å². The molecule has 33 heavy (non-hydrogen) atoms. The number of aliphatic hydroxyl groups is 1. The van der Waals surface area contributed by atoms with E-state index in [-0.39, 0.29) is 24.0 Å². The fourth-order valence-corrected chi connectivity index (χ4v) is 4.14. The van der Waals surface area contributed by atoms with Gasteiger partial charge in [-0.25, -0.2) is 0 Å². The van der Waals surface area contributed by atoms with Crippen LogP contribution in [0.15, 0.2) is 54.4 Å². The van der Waals surface area contributed by atoms with E-state index in [0.29, 0.717) is 28.3 Å². The molecule has 1 fully saturated rings. The lowest BCUT2D eigenvalue weighted by atomic mass is 9.94. The van der Waals surface area contributed by atoms with Gasteiger partial charge < -0.3 is 14.7 Å². The predicted octanol–water partition coefficient (Wildman–Crippen LogP) is 3.83. The Labute approximate surface area is 191 Å². The molecule has 2 aromatic heterocycles. The van der Waals surface area contributed by atoms with Crippen LogP contribution in [-0.4, -0.2) is 43.0 Å². The highest BCUT2D eigenvalue weighted by atomic mass is 16.5. The second-order valence-corrected chi connectivity index (χ2v) is 8.34. The summed E-state index contributed by atoms with van der Waals surface area (Å²) in [6.45, 7) is 7.50. The highest BCUT2D eigenvalue weighted by molar-refractivity contribution is 6.46. The Morgan fingerprint density at radius 3 is 2.64 bits per heavy atom. The number of Topliss-reactive ketones (excluding diaryl/α,β-unsaturated/α-hetero) is 1. The number of carbonyl (C=O) groups excluding carboxylic acids is 2. The third-order valence-electron chi connectivity index (χ3n) is 5.53. The van der Waals surface area contributed by atoms with Gasteiger partial charge in [0.05, 0.1) is 29.0 Å². The number of aromatic nitrogens is 3. The van der Waals surface area contributed by atoms with Crippen LogP contribution in [0, 0.1) is 13.8 Å². The molecule has 1 saturated heterocycles. The Morgan fingerprint density at radius 2 is 2.00 bits per heavy atom. The molecule has 1 unspecified atom stereocenters. The van der Waals surface area contributed by atoms with Crippen molar-refractivity contribution in [3.63, 3.8) is 0 Å². The number of hydrogen-bond acceptors (Lipinski definition) is 6. The third-order valence-corrected chi connectivity index (χ3v) is 5.53. The monoisotopic (exact) mass is 446 g/mol. The number of amides is 1. The van der Waals surface area contributed by atoms with Crippen molar-refractivity contribution >= 4 is 17.4 Å². The van der Waals surface area contributed by atoms with Gasteiger partial charge in [0.2, 0.25) is 0 Å². The molecule has 0 spiro atoms. The van der Waals surface area contributed by atoms with Gasteiger partial charge in [0.1, 0.15) is 11.5 Å². The summed E-state index contributed by atoms with van der Waals surface area (Å²) in [4.78, 5) is 32.0. The van der Waals surface area contributed by atoms with Crippen LogP contribution in [0.5, 0.6) is 5.75 Å². The predicted molar refractivity (Wildman–Crippen MR) is 122 cm³/mol. The molecule has 1 aromatic carbocycles. The van der Waals surface area contributed by atoms with Crippen LogP contribution in [0.1, 0.15) is 48.0 Å². The summed E-state index contributed by atoms with van der Waals surface area (Å²) >= 11 is 0. The molecule has 1 aliphatic heterocycles. The van der Waals surface area contributed by atoms with Gasteiger partial charge >= 0.3 is 0 Å². The van der Waals surface area contributed by atoms with Crippen molar-refractivity contribution in [1.29, 1.82) is 0 Å². The van der Waals surface area contributed by atoms with Crippen LogP contribution in [0.4, 0.5) is 0 Å². The van der Waals surface area contributed by atoms with Crippen molar-refractivity contribution in [2.75, 3.05) is 0 Å². The summed E-state index contributed by atoms with van der Waals surface area (Å²) in [5, 5.41) is 18.2. The van der Waals surface area contributed by atoms with Crippen LogP contribution in [-0.2, 0) is 16.1 Å². The van der Waals surface area contributed by atoms with Crippen molar-refractivity contribution in [3.05, 3.63) is 82.4 Å². The lowest BCUT2D eigenvalue weighted by Gasteiger charge is -2.26. The number of pyridine rings is 1. The van der Waals surface area contributed by atoms with E-state index in [1.54, 1.807) is 38.4 Å². The summed E-state index contributed by atoms with van der Waals surface area (Å²) in [6, 6.07) is 10.1. The number of likely N-dealkylation sites (tertiary alicyclic amines) is 1. The second-order valence-electron chi connectivity index (χ2n) is 8.34. The zero-order valence-electron chi connectivity index (χ0n) is 19.0. The van der Waals surface area contributed by atoms with Crippen LogP contribution in [0.3, 0.4) is 0 Å². The summed E-state index contributed by atoms with van der Waals surface area (Å²) in [7, 11) is 0. The van der Waals surface area contributed by atoms with Crippen LogP contribution >= 0.6 is 0 Å². The first-order valence-corrected chi connectivity index (χ1v) is 10.7. The topological polar surface area (TPSA) is 108 Å². The molecule has 3 aromatic rings. The largest absolute Gasteiger partial charge is 0.507 e. The highest BCUT2D eigenvalue weighted by Crippen LogP contribution is 2.41. The van der Waals surface area contributed by atoms with Crippen LogP contribution in [0.2, 0.25) is 0 Å². The molecule has 3 heterocycles. The molecular weight excluding hydrogens is 420 g/mol. The van der Waals surface area contributed by atoms with E-state index in [1.807, 2.05) is 38.1 Å². The van der Waals surface area contributed by atoms with Crippen molar-refractivity contribution in [1.82, 2.24) is 20.1 Å². The van der Waals surface area contributed by atoms with E-state index in [4.69, 9.17) is 4.74 Å².